The van der Waals surface area contributed by atoms with E-state index in [1.165, 1.54) is 24.1 Å². The van der Waals surface area contributed by atoms with Crippen molar-refractivity contribution >= 4 is 41.3 Å². The fourth-order valence-electron chi connectivity index (χ4n) is 3.93. The van der Waals surface area contributed by atoms with E-state index in [0.29, 0.717) is 35.4 Å². The summed E-state index contributed by atoms with van der Waals surface area (Å²) in [6.45, 7) is 6.60. The first kappa shape index (κ1) is 27.6. The van der Waals surface area contributed by atoms with E-state index >= 15 is 0 Å². The molecule has 198 valence electrons. The maximum Gasteiger partial charge on any atom is 0.259 e. The summed E-state index contributed by atoms with van der Waals surface area (Å²) >= 11 is 0. The van der Waals surface area contributed by atoms with Crippen LogP contribution in [0.5, 0.6) is 11.5 Å². The van der Waals surface area contributed by atoms with Gasteiger partial charge in [0.2, 0.25) is 5.91 Å². The predicted molar refractivity (Wildman–Crippen MR) is 144 cm³/mol. The molecule has 1 saturated heterocycles. The minimum absolute atomic E-state index is 0.00281. The van der Waals surface area contributed by atoms with Crippen LogP contribution in [-0.2, 0) is 16.6 Å². The molecule has 3 rings (SSSR count). The van der Waals surface area contributed by atoms with E-state index in [2.05, 4.69) is 26.9 Å². The zero-order valence-corrected chi connectivity index (χ0v) is 21.4. The van der Waals surface area contributed by atoms with Gasteiger partial charge in [-0.25, -0.2) is 0 Å². The molecule has 1 aromatic carbocycles. The van der Waals surface area contributed by atoms with Gasteiger partial charge >= 0.3 is 0 Å². The highest BCUT2D eigenvalue weighted by Gasteiger charge is 2.20. The fraction of sp³-hybridized carbons (Fsp3) is 0.400. The molecule has 0 unspecified atom stereocenters. The van der Waals surface area contributed by atoms with Crippen molar-refractivity contribution in [3.05, 3.63) is 40.3 Å². The van der Waals surface area contributed by atoms with Gasteiger partial charge < -0.3 is 30.3 Å². The lowest BCUT2D eigenvalue weighted by molar-refractivity contribution is -0.133. The van der Waals surface area contributed by atoms with Gasteiger partial charge in [-0.05, 0) is 32.0 Å². The van der Waals surface area contributed by atoms with Crippen molar-refractivity contribution in [3.8, 4) is 11.5 Å². The summed E-state index contributed by atoms with van der Waals surface area (Å²) in [5, 5.41) is 3.52. The van der Waals surface area contributed by atoms with E-state index in [4.69, 9.17) is 15.2 Å². The van der Waals surface area contributed by atoms with Gasteiger partial charge in [0, 0.05) is 51.0 Å². The number of nitrogens with two attached hydrogens (primary N) is 1. The standard InChI is InChI=1S/C25H33N7O5/c1-27-14-17(15-28-16-26)24(34)29-21-13-19-18(25(35)31(21)3)5-6-20(23(19)36-4)37-12-7-22(33)32-10-8-30(2)9-11-32/h5-6,13-15H,1,7-12,16,26H2,2-4H3,(H,29,34)/b17-14+,28-15-. The van der Waals surface area contributed by atoms with Crippen LogP contribution in [0.3, 0.4) is 0 Å². The Kier molecular flexibility index (Phi) is 9.52. The zero-order chi connectivity index (χ0) is 26.9. The van der Waals surface area contributed by atoms with Crippen LogP contribution < -0.4 is 26.1 Å². The van der Waals surface area contributed by atoms with Gasteiger partial charge in [0.15, 0.2) is 11.5 Å². The minimum Gasteiger partial charge on any atom is -0.492 e. The van der Waals surface area contributed by atoms with Crippen LogP contribution >= 0.6 is 0 Å². The van der Waals surface area contributed by atoms with Gasteiger partial charge in [0.25, 0.3) is 11.5 Å². The second kappa shape index (κ2) is 12.8. The average molecular weight is 512 g/mol. The van der Waals surface area contributed by atoms with E-state index in [-0.39, 0.29) is 42.6 Å². The first-order chi connectivity index (χ1) is 17.8. The summed E-state index contributed by atoms with van der Waals surface area (Å²) in [5.41, 5.74) is 5.15. The number of carbonyl (C=O) groups is 2. The number of amides is 2. The number of benzene rings is 1. The molecule has 1 aliphatic rings. The third-order valence-corrected chi connectivity index (χ3v) is 6.04. The lowest BCUT2D eigenvalue weighted by Gasteiger charge is -2.32. The van der Waals surface area contributed by atoms with Crippen molar-refractivity contribution in [1.29, 1.82) is 0 Å². The first-order valence-electron chi connectivity index (χ1n) is 11.8. The molecule has 0 saturated carbocycles. The molecule has 2 amide bonds. The maximum absolute atomic E-state index is 13.1. The summed E-state index contributed by atoms with van der Waals surface area (Å²) in [6.07, 6.45) is 2.74. The van der Waals surface area contributed by atoms with Crippen LogP contribution in [0.1, 0.15) is 6.42 Å². The fourth-order valence-corrected chi connectivity index (χ4v) is 3.93. The van der Waals surface area contributed by atoms with Crippen molar-refractivity contribution in [3.63, 3.8) is 0 Å². The zero-order valence-electron chi connectivity index (χ0n) is 21.4. The monoisotopic (exact) mass is 511 g/mol. The van der Waals surface area contributed by atoms with Crippen LogP contribution in [0, 0.1) is 0 Å². The number of ether oxygens (including phenoxy) is 2. The molecule has 2 heterocycles. The number of methoxy groups -OCH3 is 1. The summed E-state index contributed by atoms with van der Waals surface area (Å²) in [6, 6.07) is 4.89. The summed E-state index contributed by atoms with van der Waals surface area (Å²) in [5.74, 6) is 0.416. The molecule has 1 fully saturated rings. The maximum atomic E-state index is 13.1. The number of fused-ring (bicyclic) bond motifs is 1. The van der Waals surface area contributed by atoms with Crippen molar-refractivity contribution in [1.82, 2.24) is 14.4 Å². The first-order valence-corrected chi connectivity index (χ1v) is 11.8. The molecule has 0 spiro atoms. The Bertz CT molecular complexity index is 1280. The van der Waals surface area contributed by atoms with Gasteiger partial charge in [0.05, 0.1) is 37.8 Å². The van der Waals surface area contributed by atoms with E-state index in [9.17, 15) is 14.4 Å². The Morgan fingerprint density at radius 1 is 1.19 bits per heavy atom. The number of pyridine rings is 1. The second-order valence-corrected chi connectivity index (χ2v) is 8.45. The highest BCUT2D eigenvalue weighted by molar-refractivity contribution is 6.17. The average Bonchev–Trinajstić information content (AvgIpc) is 2.89. The van der Waals surface area contributed by atoms with E-state index in [1.54, 1.807) is 25.2 Å². The second-order valence-electron chi connectivity index (χ2n) is 8.45. The molecule has 1 aliphatic heterocycles. The van der Waals surface area contributed by atoms with E-state index < -0.39 is 5.91 Å². The molecule has 0 radical (unpaired) electrons. The van der Waals surface area contributed by atoms with Crippen molar-refractivity contribution in [2.24, 2.45) is 22.8 Å². The Hall–Kier alpha value is -4.03. The lowest BCUT2D eigenvalue weighted by atomic mass is 10.1. The minimum atomic E-state index is -0.548. The number of rotatable bonds is 10. The van der Waals surface area contributed by atoms with Gasteiger partial charge in [-0.2, -0.15) is 0 Å². The highest BCUT2D eigenvalue weighted by Crippen LogP contribution is 2.35. The molecule has 37 heavy (non-hydrogen) atoms. The van der Waals surface area contributed by atoms with Gasteiger partial charge in [-0.3, -0.25) is 28.9 Å². The van der Waals surface area contributed by atoms with E-state index in [0.717, 1.165) is 13.1 Å². The number of aliphatic imine (C=N–C) groups is 2. The third-order valence-electron chi connectivity index (χ3n) is 6.04. The van der Waals surface area contributed by atoms with Gasteiger partial charge in [0.1, 0.15) is 5.82 Å². The van der Waals surface area contributed by atoms with Gasteiger partial charge in [-0.1, -0.05) is 0 Å². The highest BCUT2D eigenvalue weighted by atomic mass is 16.5. The third kappa shape index (κ3) is 6.60. The quantitative estimate of drug-likeness (QED) is 0.351. The van der Waals surface area contributed by atoms with Crippen LogP contribution in [0.4, 0.5) is 5.82 Å². The van der Waals surface area contributed by atoms with E-state index in [1.807, 2.05) is 11.9 Å². The van der Waals surface area contributed by atoms with Crippen LogP contribution in [-0.4, -0.2) is 92.7 Å². The molecule has 3 N–H and O–H groups in total. The summed E-state index contributed by atoms with van der Waals surface area (Å²) < 4.78 is 12.8. The summed E-state index contributed by atoms with van der Waals surface area (Å²) in [4.78, 5) is 49.9. The molecule has 12 heteroatoms. The topological polar surface area (TPSA) is 144 Å². The normalized spacial score (nSPS) is 14.7. The number of hydrogen-bond donors (Lipinski definition) is 2. The lowest BCUT2D eigenvalue weighted by Crippen LogP contribution is -2.47. The van der Waals surface area contributed by atoms with Crippen molar-refractivity contribution in [2.75, 3.05) is 58.9 Å². The number of anilines is 1. The van der Waals surface area contributed by atoms with Crippen molar-refractivity contribution in [2.45, 2.75) is 6.42 Å². The predicted octanol–water partition coefficient (Wildman–Crippen LogP) is 0.600. The Morgan fingerprint density at radius 3 is 2.57 bits per heavy atom. The molecular formula is C25H33N7O5. The molecule has 0 aliphatic carbocycles. The van der Waals surface area contributed by atoms with Crippen molar-refractivity contribution < 1.29 is 19.1 Å². The molecule has 2 aromatic rings. The Labute approximate surface area is 215 Å². The number of nitrogens with one attached hydrogen (secondary N) is 1. The summed E-state index contributed by atoms with van der Waals surface area (Å²) in [7, 11) is 5.04. The number of carbonyl (C=O) groups excluding carboxylic acids is 2. The Balaban J connectivity index is 1.84. The molecular weight excluding hydrogens is 478 g/mol. The molecule has 1 aromatic heterocycles. The number of aromatic nitrogens is 1. The largest absolute Gasteiger partial charge is 0.492 e. The Morgan fingerprint density at radius 2 is 1.92 bits per heavy atom. The number of hydrogen-bond acceptors (Lipinski definition) is 9. The SMILES string of the molecule is C=N/C=C(\C=N/CN)C(=O)Nc1cc2c(OC)c(OCCC(=O)N3CCN(C)CC3)ccc2c(=O)n1C. The number of likely N-dealkylation sites (N-methyl/N-ethyl adjacent to an activating group) is 1. The molecule has 0 bridgehead atoms. The smallest absolute Gasteiger partial charge is 0.259 e. The number of piperazine rings is 1. The van der Waals surface area contributed by atoms with Crippen LogP contribution in [0.25, 0.3) is 10.8 Å². The van der Waals surface area contributed by atoms with Crippen LogP contribution in [0.2, 0.25) is 0 Å². The van der Waals surface area contributed by atoms with Crippen LogP contribution in [0.15, 0.2) is 44.8 Å². The molecule has 0 atom stereocenters. The van der Waals surface area contributed by atoms with Gasteiger partial charge in [-0.15, -0.1) is 0 Å². The molecule has 12 nitrogen and oxygen atoms in total. The number of nitrogens with zero attached hydrogens (tertiary/aromatic N) is 5.